The van der Waals surface area contributed by atoms with E-state index in [4.69, 9.17) is 0 Å². The standard InChI is InChI=1S/C17H19N5O2S/c1-2-14-4-6-15(7-5-14)25(23,24)21-11-13-22-12-10-20-17(22)16-18-8-3-9-19-16/h3-10,12,21H,2,11,13H2,1H3. The van der Waals surface area contributed by atoms with E-state index in [1.807, 2.05) is 23.6 Å². The highest BCUT2D eigenvalue weighted by atomic mass is 32.2. The maximum Gasteiger partial charge on any atom is 0.240 e. The molecule has 8 heteroatoms. The minimum absolute atomic E-state index is 0.244. The molecule has 0 saturated carbocycles. The summed E-state index contributed by atoms with van der Waals surface area (Å²) < 4.78 is 29.1. The summed E-state index contributed by atoms with van der Waals surface area (Å²) in [5.74, 6) is 1.11. The van der Waals surface area contributed by atoms with E-state index in [-0.39, 0.29) is 11.4 Å². The van der Waals surface area contributed by atoms with Crippen molar-refractivity contribution in [3.05, 3.63) is 60.7 Å². The summed E-state index contributed by atoms with van der Waals surface area (Å²) in [5, 5.41) is 0. The first-order valence-corrected chi connectivity index (χ1v) is 9.45. The van der Waals surface area contributed by atoms with E-state index in [1.54, 1.807) is 43.0 Å². The van der Waals surface area contributed by atoms with E-state index in [2.05, 4.69) is 19.7 Å². The number of aromatic nitrogens is 4. The van der Waals surface area contributed by atoms with Crippen LogP contribution >= 0.6 is 0 Å². The van der Waals surface area contributed by atoms with Gasteiger partial charge in [-0.1, -0.05) is 19.1 Å². The van der Waals surface area contributed by atoms with Crippen LogP contribution in [0.25, 0.3) is 11.6 Å². The number of rotatable bonds is 7. The van der Waals surface area contributed by atoms with E-state index in [1.165, 1.54) is 0 Å². The molecule has 0 saturated heterocycles. The molecule has 0 bridgehead atoms. The maximum atomic E-state index is 12.4. The van der Waals surface area contributed by atoms with Crippen LogP contribution in [0.3, 0.4) is 0 Å². The second-order valence-corrected chi connectivity index (χ2v) is 7.18. The van der Waals surface area contributed by atoms with Gasteiger partial charge in [-0.05, 0) is 30.2 Å². The Morgan fingerprint density at radius 3 is 2.44 bits per heavy atom. The number of nitrogens with zero attached hydrogens (tertiary/aromatic N) is 4. The number of hydrogen-bond donors (Lipinski definition) is 1. The van der Waals surface area contributed by atoms with Crippen molar-refractivity contribution in [1.82, 2.24) is 24.2 Å². The Bertz CT molecular complexity index is 921. The van der Waals surface area contributed by atoms with Crippen molar-refractivity contribution >= 4 is 10.0 Å². The quantitative estimate of drug-likeness (QED) is 0.697. The van der Waals surface area contributed by atoms with Crippen LogP contribution in [0.15, 0.2) is 60.0 Å². The van der Waals surface area contributed by atoms with Crippen LogP contribution in [-0.4, -0.2) is 34.5 Å². The van der Waals surface area contributed by atoms with Gasteiger partial charge in [0.05, 0.1) is 4.90 Å². The number of imidazole rings is 1. The third-order valence-electron chi connectivity index (χ3n) is 3.77. The molecule has 0 aliphatic heterocycles. The van der Waals surface area contributed by atoms with E-state index in [9.17, 15) is 8.42 Å². The van der Waals surface area contributed by atoms with Crippen molar-refractivity contribution in [2.45, 2.75) is 24.8 Å². The molecule has 130 valence electrons. The fourth-order valence-electron chi connectivity index (χ4n) is 2.40. The van der Waals surface area contributed by atoms with Crippen LogP contribution in [0, 0.1) is 0 Å². The largest absolute Gasteiger partial charge is 0.327 e. The van der Waals surface area contributed by atoms with Crippen LogP contribution in [0.2, 0.25) is 0 Å². The van der Waals surface area contributed by atoms with Crippen LogP contribution in [0.1, 0.15) is 12.5 Å². The Labute approximate surface area is 146 Å². The number of hydrogen-bond acceptors (Lipinski definition) is 5. The van der Waals surface area contributed by atoms with Gasteiger partial charge in [-0.25, -0.2) is 28.1 Å². The zero-order valence-electron chi connectivity index (χ0n) is 13.8. The molecule has 0 atom stereocenters. The Morgan fingerprint density at radius 1 is 1.04 bits per heavy atom. The van der Waals surface area contributed by atoms with Crippen LogP contribution < -0.4 is 4.72 Å². The van der Waals surface area contributed by atoms with E-state index in [0.29, 0.717) is 18.2 Å². The van der Waals surface area contributed by atoms with E-state index < -0.39 is 10.0 Å². The van der Waals surface area contributed by atoms with Crippen LogP contribution in [0.5, 0.6) is 0 Å². The zero-order valence-corrected chi connectivity index (χ0v) is 14.6. The van der Waals surface area contributed by atoms with Crippen molar-refractivity contribution in [2.75, 3.05) is 6.54 Å². The average molecular weight is 357 g/mol. The van der Waals surface area contributed by atoms with E-state index >= 15 is 0 Å². The lowest BCUT2D eigenvalue weighted by atomic mass is 10.2. The highest BCUT2D eigenvalue weighted by molar-refractivity contribution is 7.89. The molecule has 7 nitrogen and oxygen atoms in total. The summed E-state index contributed by atoms with van der Waals surface area (Å²) in [5.41, 5.74) is 1.10. The van der Waals surface area contributed by atoms with Crippen molar-refractivity contribution in [3.8, 4) is 11.6 Å². The number of aryl methyl sites for hydroxylation is 1. The van der Waals surface area contributed by atoms with Crippen LogP contribution in [0.4, 0.5) is 0 Å². The monoisotopic (exact) mass is 357 g/mol. The van der Waals surface area contributed by atoms with Crippen LogP contribution in [-0.2, 0) is 23.0 Å². The molecule has 0 amide bonds. The Morgan fingerprint density at radius 2 is 1.76 bits per heavy atom. The Kier molecular flexibility index (Phi) is 5.20. The van der Waals surface area contributed by atoms with Gasteiger partial charge in [-0.3, -0.25) is 0 Å². The minimum atomic E-state index is -3.53. The van der Waals surface area contributed by atoms with Gasteiger partial charge in [0.15, 0.2) is 11.6 Å². The molecule has 3 aromatic rings. The summed E-state index contributed by atoms with van der Waals surface area (Å²) >= 11 is 0. The van der Waals surface area contributed by atoms with Crippen molar-refractivity contribution < 1.29 is 8.42 Å². The minimum Gasteiger partial charge on any atom is -0.327 e. The molecule has 0 unspecified atom stereocenters. The summed E-state index contributed by atoms with van der Waals surface area (Å²) in [7, 11) is -3.53. The first-order chi connectivity index (χ1) is 12.1. The third-order valence-corrected chi connectivity index (χ3v) is 5.24. The molecule has 0 fully saturated rings. The lowest BCUT2D eigenvalue weighted by Gasteiger charge is -2.09. The molecule has 3 rings (SSSR count). The molecule has 0 aliphatic rings. The highest BCUT2D eigenvalue weighted by Crippen LogP contribution is 2.12. The predicted octanol–water partition coefficient (Wildman–Crippen LogP) is 1.88. The van der Waals surface area contributed by atoms with Gasteiger partial charge in [-0.2, -0.15) is 0 Å². The fraction of sp³-hybridized carbons (Fsp3) is 0.235. The second-order valence-electron chi connectivity index (χ2n) is 5.41. The molecular weight excluding hydrogens is 338 g/mol. The summed E-state index contributed by atoms with van der Waals surface area (Å²) in [6.07, 6.45) is 7.58. The highest BCUT2D eigenvalue weighted by Gasteiger charge is 2.14. The SMILES string of the molecule is CCc1ccc(S(=O)(=O)NCCn2ccnc2-c2ncccn2)cc1. The third kappa shape index (κ3) is 4.09. The fourth-order valence-corrected chi connectivity index (χ4v) is 3.42. The second kappa shape index (κ2) is 7.54. The smallest absolute Gasteiger partial charge is 0.240 e. The summed E-state index contributed by atoms with van der Waals surface area (Å²) in [4.78, 5) is 12.8. The van der Waals surface area contributed by atoms with Gasteiger partial charge in [0.1, 0.15) is 0 Å². The Hall–Kier alpha value is -2.58. The number of sulfonamides is 1. The zero-order chi connectivity index (χ0) is 17.7. The van der Waals surface area contributed by atoms with Crippen molar-refractivity contribution in [1.29, 1.82) is 0 Å². The first kappa shape index (κ1) is 17.2. The normalized spacial score (nSPS) is 11.6. The maximum absolute atomic E-state index is 12.4. The van der Waals surface area contributed by atoms with Gasteiger partial charge < -0.3 is 4.57 Å². The first-order valence-electron chi connectivity index (χ1n) is 7.97. The topological polar surface area (TPSA) is 89.8 Å². The molecule has 0 aliphatic carbocycles. The molecule has 1 N–H and O–H groups in total. The molecule has 25 heavy (non-hydrogen) atoms. The number of nitrogens with one attached hydrogen (secondary N) is 1. The lowest BCUT2D eigenvalue weighted by Crippen LogP contribution is -2.27. The summed E-state index contributed by atoms with van der Waals surface area (Å²) in [6.45, 7) is 2.70. The van der Waals surface area contributed by atoms with Gasteiger partial charge in [0.2, 0.25) is 10.0 Å². The molecule has 0 spiro atoms. The van der Waals surface area contributed by atoms with Gasteiger partial charge in [0, 0.05) is 37.9 Å². The van der Waals surface area contributed by atoms with Gasteiger partial charge >= 0.3 is 0 Å². The van der Waals surface area contributed by atoms with Crippen molar-refractivity contribution in [3.63, 3.8) is 0 Å². The Balaban J connectivity index is 1.66. The average Bonchev–Trinajstić information content (AvgIpc) is 3.11. The van der Waals surface area contributed by atoms with Gasteiger partial charge in [-0.15, -0.1) is 0 Å². The van der Waals surface area contributed by atoms with Gasteiger partial charge in [0.25, 0.3) is 0 Å². The summed E-state index contributed by atoms with van der Waals surface area (Å²) in [6, 6.07) is 8.64. The molecule has 2 aromatic heterocycles. The molecular formula is C17H19N5O2S. The number of benzene rings is 1. The van der Waals surface area contributed by atoms with E-state index in [0.717, 1.165) is 12.0 Å². The van der Waals surface area contributed by atoms with Crippen molar-refractivity contribution in [2.24, 2.45) is 0 Å². The molecule has 0 radical (unpaired) electrons. The predicted molar refractivity (Wildman–Crippen MR) is 94.3 cm³/mol. The molecule has 1 aromatic carbocycles. The molecule has 2 heterocycles. The lowest BCUT2D eigenvalue weighted by molar-refractivity contribution is 0.573.